The summed E-state index contributed by atoms with van der Waals surface area (Å²) in [5.41, 5.74) is 1.35. The van der Waals surface area contributed by atoms with E-state index in [0.717, 1.165) is 44.6 Å². The highest BCUT2D eigenvalue weighted by atomic mass is 35.5. The third-order valence-electron chi connectivity index (χ3n) is 4.09. The number of ether oxygens (including phenoxy) is 1. The van der Waals surface area contributed by atoms with E-state index in [2.05, 4.69) is 0 Å². The van der Waals surface area contributed by atoms with Gasteiger partial charge in [0.05, 0.1) is 0 Å². The summed E-state index contributed by atoms with van der Waals surface area (Å²) in [6, 6.07) is 3.38. The summed E-state index contributed by atoms with van der Waals surface area (Å²) in [5, 5.41) is 1.06. The Hall–Kier alpha value is -0.770. The molecule has 3 nitrogen and oxygen atoms in total. The fourth-order valence-electron chi connectivity index (χ4n) is 2.50. The van der Waals surface area contributed by atoms with Crippen LogP contribution in [-0.2, 0) is 4.74 Å². The Kier molecular flexibility index (Phi) is 5.91. The van der Waals surface area contributed by atoms with E-state index in [0.29, 0.717) is 21.5 Å². The molecule has 21 heavy (non-hydrogen) atoms. The summed E-state index contributed by atoms with van der Waals surface area (Å²) in [6.07, 6.45) is 3.19. The number of carbonyl (C=O) groups excluding carboxylic acids is 1. The Labute approximate surface area is 136 Å². The largest absolute Gasteiger partial charge is 0.381 e. The molecule has 0 aromatic heterocycles. The lowest BCUT2D eigenvalue weighted by atomic mass is 9.96. The molecule has 1 amide bonds. The molecular weight excluding hydrogens is 309 g/mol. The third kappa shape index (κ3) is 4.35. The van der Waals surface area contributed by atoms with Crippen LogP contribution in [0.2, 0.25) is 10.0 Å². The van der Waals surface area contributed by atoms with Crippen molar-refractivity contribution in [3.05, 3.63) is 33.3 Å². The maximum atomic E-state index is 12.4. The van der Waals surface area contributed by atoms with Crippen molar-refractivity contribution in [1.29, 1.82) is 0 Å². The van der Waals surface area contributed by atoms with Crippen LogP contribution in [0.15, 0.2) is 12.1 Å². The monoisotopic (exact) mass is 329 g/mol. The van der Waals surface area contributed by atoms with Gasteiger partial charge in [-0.15, -0.1) is 0 Å². The van der Waals surface area contributed by atoms with E-state index in [9.17, 15) is 4.79 Å². The average Bonchev–Trinajstić information content (AvgIpc) is 2.50. The van der Waals surface area contributed by atoms with Gasteiger partial charge in [-0.05, 0) is 49.8 Å². The summed E-state index contributed by atoms with van der Waals surface area (Å²) in [5.74, 6) is 0.616. The van der Waals surface area contributed by atoms with Gasteiger partial charge in [0.25, 0.3) is 5.91 Å². The van der Waals surface area contributed by atoms with Crippen molar-refractivity contribution in [3.63, 3.8) is 0 Å². The van der Waals surface area contributed by atoms with Crippen molar-refractivity contribution in [2.45, 2.75) is 26.2 Å². The number of nitrogens with zero attached hydrogens (tertiary/aromatic N) is 1. The van der Waals surface area contributed by atoms with E-state index in [4.69, 9.17) is 27.9 Å². The molecule has 0 atom stereocenters. The van der Waals surface area contributed by atoms with Crippen molar-refractivity contribution in [3.8, 4) is 0 Å². The number of halogens is 2. The molecule has 0 unspecified atom stereocenters. The minimum atomic E-state index is -0.0362. The fraction of sp³-hybridized carbons (Fsp3) is 0.562. The smallest absolute Gasteiger partial charge is 0.253 e. The quantitative estimate of drug-likeness (QED) is 0.828. The summed E-state index contributed by atoms with van der Waals surface area (Å²) in [6.45, 7) is 4.26. The molecule has 0 spiro atoms. The van der Waals surface area contributed by atoms with Crippen LogP contribution in [0.25, 0.3) is 0 Å². The number of benzene rings is 1. The van der Waals surface area contributed by atoms with Crippen LogP contribution < -0.4 is 0 Å². The molecule has 2 rings (SSSR count). The molecule has 0 bridgehead atoms. The molecule has 5 heteroatoms. The highest BCUT2D eigenvalue weighted by Gasteiger charge is 2.18. The third-order valence-corrected chi connectivity index (χ3v) is 4.87. The maximum absolute atomic E-state index is 12.4. The highest BCUT2D eigenvalue weighted by molar-refractivity contribution is 6.36. The van der Waals surface area contributed by atoms with Crippen LogP contribution in [0, 0.1) is 12.8 Å². The second kappa shape index (κ2) is 7.48. The maximum Gasteiger partial charge on any atom is 0.253 e. The number of amides is 1. The van der Waals surface area contributed by atoms with Gasteiger partial charge in [0.2, 0.25) is 0 Å². The van der Waals surface area contributed by atoms with Crippen LogP contribution >= 0.6 is 23.2 Å². The standard InChI is InChI=1S/C16H21Cl2NO2/c1-11-14(17)9-13(10-15(11)18)16(20)19(2)6-3-12-4-7-21-8-5-12/h9-10,12H,3-8H2,1-2H3. The summed E-state index contributed by atoms with van der Waals surface area (Å²) < 4.78 is 5.35. The summed E-state index contributed by atoms with van der Waals surface area (Å²) in [7, 11) is 1.82. The predicted molar refractivity (Wildman–Crippen MR) is 86.3 cm³/mol. The van der Waals surface area contributed by atoms with E-state index in [1.807, 2.05) is 14.0 Å². The molecule has 1 aliphatic rings. The Morgan fingerprint density at radius 2 is 1.86 bits per heavy atom. The van der Waals surface area contributed by atoms with Gasteiger partial charge in [0.15, 0.2) is 0 Å². The normalized spacial score (nSPS) is 16.0. The lowest BCUT2D eigenvalue weighted by molar-refractivity contribution is 0.0583. The van der Waals surface area contributed by atoms with E-state index >= 15 is 0 Å². The average molecular weight is 330 g/mol. The molecule has 0 aliphatic carbocycles. The van der Waals surface area contributed by atoms with Gasteiger partial charge < -0.3 is 9.64 Å². The lowest BCUT2D eigenvalue weighted by Crippen LogP contribution is -2.30. The van der Waals surface area contributed by atoms with E-state index < -0.39 is 0 Å². The minimum Gasteiger partial charge on any atom is -0.381 e. The number of carbonyl (C=O) groups is 1. The number of rotatable bonds is 4. The van der Waals surface area contributed by atoms with Gasteiger partial charge in [-0.25, -0.2) is 0 Å². The van der Waals surface area contributed by atoms with Crippen LogP contribution in [0.4, 0.5) is 0 Å². The zero-order valence-electron chi connectivity index (χ0n) is 12.5. The number of hydrogen-bond acceptors (Lipinski definition) is 2. The van der Waals surface area contributed by atoms with Crippen molar-refractivity contribution < 1.29 is 9.53 Å². The topological polar surface area (TPSA) is 29.5 Å². The summed E-state index contributed by atoms with van der Waals surface area (Å²) in [4.78, 5) is 14.2. The Bertz CT molecular complexity index is 490. The van der Waals surface area contributed by atoms with Gasteiger partial charge in [-0.2, -0.15) is 0 Å². The predicted octanol–water partition coefficient (Wildman–Crippen LogP) is 4.19. The van der Waals surface area contributed by atoms with Gasteiger partial charge in [-0.1, -0.05) is 23.2 Å². The van der Waals surface area contributed by atoms with E-state index in [1.54, 1.807) is 17.0 Å². The molecule has 1 aromatic rings. The minimum absolute atomic E-state index is 0.0362. The van der Waals surface area contributed by atoms with Crippen molar-refractivity contribution in [1.82, 2.24) is 4.90 Å². The zero-order valence-corrected chi connectivity index (χ0v) is 14.0. The molecule has 0 saturated carbocycles. The van der Waals surface area contributed by atoms with Crippen molar-refractivity contribution in [2.75, 3.05) is 26.8 Å². The first kappa shape index (κ1) is 16.6. The first-order valence-corrected chi connectivity index (χ1v) is 8.03. The van der Waals surface area contributed by atoms with Crippen LogP contribution in [0.1, 0.15) is 35.2 Å². The Morgan fingerprint density at radius 1 is 1.29 bits per heavy atom. The van der Waals surface area contributed by atoms with Crippen LogP contribution in [0.5, 0.6) is 0 Å². The van der Waals surface area contributed by atoms with Gasteiger partial charge >= 0.3 is 0 Å². The van der Waals surface area contributed by atoms with E-state index in [1.165, 1.54) is 0 Å². The molecule has 1 fully saturated rings. The SMILES string of the molecule is Cc1c(Cl)cc(C(=O)N(C)CCC2CCOCC2)cc1Cl. The lowest BCUT2D eigenvalue weighted by Gasteiger charge is -2.25. The second-order valence-corrected chi connectivity index (χ2v) is 6.45. The molecule has 0 radical (unpaired) electrons. The molecule has 116 valence electrons. The highest BCUT2D eigenvalue weighted by Crippen LogP contribution is 2.26. The Morgan fingerprint density at radius 3 is 2.43 bits per heavy atom. The molecule has 1 aromatic carbocycles. The van der Waals surface area contributed by atoms with Crippen molar-refractivity contribution >= 4 is 29.1 Å². The summed E-state index contributed by atoms with van der Waals surface area (Å²) >= 11 is 12.2. The van der Waals surface area contributed by atoms with Gasteiger partial charge in [0.1, 0.15) is 0 Å². The molecule has 1 heterocycles. The second-order valence-electron chi connectivity index (χ2n) is 5.64. The fourth-order valence-corrected chi connectivity index (χ4v) is 2.99. The van der Waals surface area contributed by atoms with Crippen LogP contribution in [0.3, 0.4) is 0 Å². The van der Waals surface area contributed by atoms with E-state index in [-0.39, 0.29) is 5.91 Å². The first-order chi connectivity index (χ1) is 9.99. The van der Waals surface area contributed by atoms with Gasteiger partial charge in [0, 0.05) is 42.4 Å². The van der Waals surface area contributed by atoms with Crippen LogP contribution in [-0.4, -0.2) is 37.6 Å². The molecular formula is C16H21Cl2NO2. The molecule has 0 N–H and O–H groups in total. The van der Waals surface area contributed by atoms with Crippen molar-refractivity contribution in [2.24, 2.45) is 5.92 Å². The molecule has 1 aliphatic heterocycles. The number of hydrogen-bond donors (Lipinski definition) is 0. The van der Waals surface area contributed by atoms with Gasteiger partial charge in [-0.3, -0.25) is 4.79 Å². The Balaban J connectivity index is 1.95. The molecule has 1 saturated heterocycles. The zero-order chi connectivity index (χ0) is 15.4. The first-order valence-electron chi connectivity index (χ1n) is 7.28.